The lowest BCUT2D eigenvalue weighted by atomic mass is 10.0. The van der Waals surface area contributed by atoms with Crippen LogP contribution in [0.1, 0.15) is 27.0 Å². The number of hydrogen-bond acceptors (Lipinski definition) is 6. The molecule has 0 atom stereocenters. The van der Waals surface area contributed by atoms with Crippen molar-refractivity contribution >= 4 is 21.7 Å². The largest absolute Gasteiger partial charge is 0.352 e. The van der Waals surface area contributed by atoms with E-state index in [1.807, 2.05) is 29.2 Å². The molecule has 1 amide bonds. The van der Waals surface area contributed by atoms with Crippen molar-refractivity contribution in [2.24, 2.45) is 0 Å². The molecule has 0 radical (unpaired) electrons. The van der Waals surface area contributed by atoms with Crippen LogP contribution < -0.4 is 4.90 Å². The van der Waals surface area contributed by atoms with E-state index in [2.05, 4.69) is 11.1 Å². The molecule has 2 aliphatic rings. The van der Waals surface area contributed by atoms with Gasteiger partial charge in [0, 0.05) is 51.0 Å². The smallest absolute Gasteiger partial charge is 0.254 e. The summed E-state index contributed by atoms with van der Waals surface area (Å²) in [6.07, 6.45) is 2.32. The molecule has 0 bridgehead atoms. The second kappa shape index (κ2) is 9.49. The van der Waals surface area contributed by atoms with Gasteiger partial charge in [0.25, 0.3) is 5.91 Å². The highest BCUT2D eigenvalue weighted by atomic mass is 32.2. The number of piperazine rings is 1. The predicted octanol–water partition coefficient (Wildman–Crippen LogP) is 2.66. The van der Waals surface area contributed by atoms with E-state index in [4.69, 9.17) is 0 Å². The van der Waals surface area contributed by atoms with Crippen LogP contribution in [-0.4, -0.2) is 61.2 Å². The average molecular weight is 488 g/mol. The van der Waals surface area contributed by atoms with E-state index in [1.54, 1.807) is 41.4 Å². The van der Waals surface area contributed by atoms with Crippen LogP contribution in [-0.2, 0) is 23.0 Å². The maximum atomic E-state index is 13.4. The number of fused-ring (bicyclic) bond motifs is 1. The number of pyridine rings is 1. The fraction of sp³-hybridized carbons (Fsp3) is 0.269. The number of hydrogen-bond donors (Lipinski definition) is 0. The Kier molecular flexibility index (Phi) is 6.24. The third-order valence-corrected chi connectivity index (χ3v) is 8.43. The van der Waals surface area contributed by atoms with Crippen LogP contribution >= 0.6 is 0 Å². The highest BCUT2D eigenvalue weighted by Gasteiger charge is 2.30. The van der Waals surface area contributed by atoms with Crippen LogP contribution in [0.2, 0.25) is 0 Å². The molecule has 0 unspecified atom stereocenters. The van der Waals surface area contributed by atoms with E-state index in [9.17, 15) is 18.5 Å². The molecule has 0 spiro atoms. The minimum Gasteiger partial charge on any atom is -0.352 e. The van der Waals surface area contributed by atoms with E-state index in [0.29, 0.717) is 62.6 Å². The Bertz CT molecular complexity index is 1410. The van der Waals surface area contributed by atoms with Crippen molar-refractivity contribution in [3.63, 3.8) is 0 Å². The fourth-order valence-electron chi connectivity index (χ4n) is 4.65. The Morgan fingerprint density at radius 3 is 2.46 bits per heavy atom. The predicted molar refractivity (Wildman–Crippen MR) is 131 cm³/mol. The van der Waals surface area contributed by atoms with Gasteiger partial charge in [-0.2, -0.15) is 9.57 Å². The first-order valence-electron chi connectivity index (χ1n) is 11.5. The molecule has 0 N–H and O–H groups in total. The van der Waals surface area contributed by atoms with Gasteiger partial charge in [-0.1, -0.05) is 30.3 Å². The summed E-state index contributed by atoms with van der Waals surface area (Å²) >= 11 is 0. The molecule has 5 rings (SSSR count). The second-order valence-electron chi connectivity index (χ2n) is 8.65. The number of benzene rings is 2. The van der Waals surface area contributed by atoms with Crippen LogP contribution in [0.15, 0.2) is 71.8 Å². The third kappa shape index (κ3) is 4.50. The highest BCUT2D eigenvalue weighted by molar-refractivity contribution is 7.89. The third-order valence-electron chi connectivity index (χ3n) is 6.59. The molecule has 2 aliphatic heterocycles. The molecule has 1 aromatic heterocycles. The molecule has 2 aromatic carbocycles. The minimum atomic E-state index is -3.73. The van der Waals surface area contributed by atoms with Crippen molar-refractivity contribution in [2.75, 3.05) is 37.6 Å². The van der Waals surface area contributed by atoms with E-state index in [1.165, 1.54) is 15.9 Å². The van der Waals surface area contributed by atoms with Crippen LogP contribution in [0.5, 0.6) is 0 Å². The summed E-state index contributed by atoms with van der Waals surface area (Å²) in [7, 11) is -3.73. The number of nitriles is 1. The SMILES string of the molecule is N#Cc1cccnc1N1CCN(C(=O)c2cccc(S(=O)(=O)N3CCc4ccccc4C3)c2)CC1. The molecule has 8 nitrogen and oxygen atoms in total. The summed E-state index contributed by atoms with van der Waals surface area (Å²) in [5.74, 6) is 0.422. The number of anilines is 1. The molecule has 0 aliphatic carbocycles. The van der Waals surface area contributed by atoms with E-state index in [0.717, 1.165) is 5.56 Å². The molecule has 1 fully saturated rings. The minimum absolute atomic E-state index is 0.133. The van der Waals surface area contributed by atoms with Crippen LogP contribution in [0.4, 0.5) is 5.82 Å². The summed E-state index contributed by atoms with van der Waals surface area (Å²) in [4.78, 5) is 21.4. The quantitative estimate of drug-likeness (QED) is 0.561. The van der Waals surface area contributed by atoms with Crippen molar-refractivity contribution in [1.82, 2.24) is 14.2 Å². The maximum absolute atomic E-state index is 13.4. The van der Waals surface area contributed by atoms with Gasteiger partial charge in [0.15, 0.2) is 0 Å². The number of carbonyl (C=O) groups is 1. The van der Waals surface area contributed by atoms with Crippen LogP contribution in [0.25, 0.3) is 0 Å². The number of rotatable bonds is 4. The number of amides is 1. The number of nitrogens with zero attached hydrogens (tertiary/aromatic N) is 5. The van der Waals surface area contributed by atoms with Crippen molar-refractivity contribution in [3.05, 3.63) is 89.1 Å². The van der Waals surface area contributed by atoms with Gasteiger partial charge in [0.1, 0.15) is 11.9 Å². The molecule has 1 saturated heterocycles. The Morgan fingerprint density at radius 1 is 0.914 bits per heavy atom. The summed E-state index contributed by atoms with van der Waals surface area (Å²) in [5.41, 5.74) is 3.05. The zero-order valence-electron chi connectivity index (χ0n) is 19.2. The summed E-state index contributed by atoms with van der Waals surface area (Å²) < 4.78 is 28.2. The van der Waals surface area contributed by atoms with Gasteiger partial charge in [-0.3, -0.25) is 4.79 Å². The van der Waals surface area contributed by atoms with Crippen LogP contribution in [0, 0.1) is 11.3 Å². The molecular formula is C26H25N5O3S. The lowest BCUT2D eigenvalue weighted by molar-refractivity contribution is 0.0746. The number of carbonyl (C=O) groups excluding carboxylic acids is 1. The highest BCUT2D eigenvalue weighted by Crippen LogP contribution is 2.26. The summed E-state index contributed by atoms with van der Waals surface area (Å²) in [6, 6.07) is 19.8. The van der Waals surface area contributed by atoms with Gasteiger partial charge in [0.05, 0.1) is 10.5 Å². The first-order chi connectivity index (χ1) is 17.0. The number of aromatic nitrogens is 1. The fourth-order valence-corrected chi connectivity index (χ4v) is 6.12. The molecule has 3 heterocycles. The molecule has 3 aromatic rings. The van der Waals surface area contributed by atoms with Crippen molar-refractivity contribution in [3.8, 4) is 6.07 Å². The maximum Gasteiger partial charge on any atom is 0.254 e. The first kappa shape index (κ1) is 23.0. The van der Waals surface area contributed by atoms with Crippen molar-refractivity contribution in [1.29, 1.82) is 5.26 Å². The lowest BCUT2D eigenvalue weighted by Gasteiger charge is -2.35. The summed E-state index contributed by atoms with van der Waals surface area (Å²) in [5, 5.41) is 9.34. The zero-order chi connectivity index (χ0) is 24.4. The van der Waals surface area contributed by atoms with E-state index in [-0.39, 0.29) is 10.8 Å². The molecular weight excluding hydrogens is 462 g/mol. The first-order valence-corrected chi connectivity index (χ1v) is 13.0. The Balaban J connectivity index is 1.29. The second-order valence-corrected chi connectivity index (χ2v) is 10.6. The zero-order valence-corrected chi connectivity index (χ0v) is 20.0. The Labute approximate surface area is 205 Å². The molecule has 178 valence electrons. The van der Waals surface area contributed by atoms with Gasteiger partial charge in [-0.25, -0.2) is 13.4 Å². The van der Waals surface area contributed by atoms with Gasteiger partial charge >= 0.3 is 0 Å². The van der Waals surface area contributed by atoms with E-state index >= 15 is 0 Å². The monoisotopic (exact) mass is 487 g/mol. The number of sulfonamides is 1. The van der Waals surface area contributed by atoms with Gasteiger partial charge < -0.3 is 9.80 Å². The Morgan fingerprint density at radius 2 is 1.69 bits per heavy atom. The molecule has 0 saturated carbocycles. The topological polar surface area (TPSA) is 97.6 Å². The van der Waals surface area contributed by atoms with Gasteiger partial charge in [-0.05, 0) is 47.9 Å². The normalized spacial score (nSPS) is 16.4. The molecule has 9 heteroatoms. The van der Waals surface area contributed by atoms with E-state index < -0.39 is 10.0 Å². The van der Waals surface area contributed by atoms with Crippen LogP contribution in [0.3, 0.4) is 0 Å². The molecule has 35 heavy (non-hydrogen) atoms. The van der Waals surface area contributed by atoms with Crippen molar-refractivity contribution < 1.29 is 13.2 Å². The Hall–Kier alpha value is -3.74. The van der Waals surface area contributed by atoms with Gasteiger partial charge in [-0.15, -0.1) is 0 Å². The van der Waals surface area contributed by atoms with Crippen molar-refractivity contribution in [2.45, 2.75) is 17.9 Å². The van der Waals surface area contributed by atoms with Gasteiger partial charge in [0.2, 0.25) is 10.0 Å². The lowest BCUT2D eigenvalue weighted by Crippen LogP contribution is -2.49. The standard InChI is InChI=1S/C26H25N5O3S/c27-18-22-8-4-11-28-25(22)29-13-15-30(16-14-29)26(32)21-7-3-9-24(17-21)35(33,34)31-12-10-20-5-1-2-6-23(20)19-31/h1-9,11,17H,10,12-16,19H2. The average Bonchev–Trinajstić information content (AvgIpc) is 2.92. The summed E-state index contributed by atoms with van der Waals surface area (Å²) in [6.45, 7) is 2.75.